The normalized spacial score (nSPS) is 24.2. The zero-order valence-electron chi connectivity index (χ0n) is 15.5. The maximum atomic E-state index is 12.2. The molecule has 0 bridgehead atoms. The quantitative estimate of drug-likeness (QED) is 0.852. The van der Waals surface area contributed by atoms with Gasteiger partial charge in [0.1, 0.15) is 0 Å². The average molecular weight is 381 g/mol. The fraction of sp³-hybridized carbons (Fsp3) is 0.632. The van der Waals surface area contributed by atoms with Gasteiger partial charge in [0, 0.05) is 12.6 Å². The van der Waals surface area contributed by atoms with E-state index in [0.717, 1.165) is 12.0 Å². The van der Waals surface area contributed by atoms with Crippen molar-refractivity contribution in [2.24, 2.45) is 0 Å². The van der Waals surface area contributed by atoms with E-state index in [1.807, 2.05) is 0 Å². The molecule has 1 aliphatic heterocycles. The van der Waals surface area contributed by atoms with Crippen molar-refractivity contribution >= 4 is 16.1 Å². The van der Waals surface area contributed by atoms with Crippen molar-refractivity contribution in [3.05, 3.63) is 35.4 Å². The lowest BCUT2D eigenvalue weighted by Gasteiger charge is -2.40. The van der Waals surface area contributed by atoms with Crippen molar-refractivity contribution in [2.45, 2.75) is 56.5 Å². The molecule has 2 atom stereocenters. The Hall–Kier alpha value is -1.60. The number of benzene rings is 1. The van der Waals surface area contributed by atoms with Crippen LogP contribution in [0, 0.1) is 0 Å². The van der Waals surface area contributed by atoms with E-state index in [4.69, 9.17) is 4.74 Å². The lowest BCUT2D eigenvalue weighted by atomic mass is 9.79. The first-order valence-electron chi connectivity index (χ1n) is 9.28. The summed E-state index contributed by atoms with van der Waals surface area (Å²) in [4.78, 5) is 13.9. The summed E-state index contributed by atoms with van der Waals surface area (Å²) in [5, 5.41) is 0. The number of piperidine rings is 1. The Morgan fingerprint density at radius 2 is 2.04 bits per heavy atom. The topological polar surface area (TPSA) is 75.7 Å². The molecule has 0 unspecified atom stereocenters. The number of carbonyl (C=O) groups is 1. The summed E-state index contributed by atoms with van der Waals surface area (Å²) in [6, 6.07) is 7.95. The average Bonchev–Trinajstić information content (AvgIpc) is 2.53. The van der Waals surface area contributed by atoms with Crippen LogP contribution in [-0.4, -0.2) is 51.4 Å². The number of rotatable bonds is 5. The molecule has 6 nitrogen and oxygen atoms in total. The number of likely N-dealkylation sites (tertiary alicyclic amines) is 1. The zero-order chi connectivity index (χ0) is 18.7. The molecule has 3 rings (SSSR count). The third kappa shape index (κ3) is 4.57. The van der Waals surface area contributed by atoms with Crippen LogP contribution < -0.4 is 4.72 Å². The van der Waals surface area contributed by atoms with Crippen molar-refractivity contribution in [2.75, 3.05) is 19.9 Å². The third-order valence-corrected chi connectivity index (χ3v) is 6.26. The van der Waals surface area contributed by atoms with Crippen LogP contribution >= 0.6 is 0 Å². The molecule has 0 spiro atoms. The van der Waals surface area contributed by atoms with Gasteiger partial charge in [0.15, 0.2) is 0 Å². The number of hydrogen-bond acceptors (Lipinski definition) is 4. The number of hydrogen-bond donors (Lipinski definition) is 1. The van der Waals surface area contributed by atoms with E-state index >= 15 is 0 Å². The summed E-state index contributed by atoms with van der Waals surface area (Å²) in [5.41, 5.74) is 2.48. The molecular formula is C19H28N2O4S. The van der Waals surface area contributed by atoms with Crippen molar-refractivity contribution in [3.63, 3.8) is 0 Å². The first kappa shape index (κ1) is 19.2. The molecule has 1 aromatic carbocycles. The molecule has 0 aromatic heterocycles. The summed E-state index contributed by atoms with van der Waals surface area (Å²) in [5.74, 6) is 0.642. The monoisotopic (exact) mass is 380 g/mol. The molecule has 7 heteroatoms. The van der Waals surface area contributed by atoms with E-state index < -0.39 is 16.1 Å². The van der Waals surface area contributed by atoms with Crippen molar-refractivity contribution < 1.29 is 17.9 Å². The first-order valence-corrected chi connectivity index (χ1v) is 11.2. The summed E-state index contributed by atoms with van der Waals surface area (Å²) in [6.45, 7) is 0.585. The fourth-order valence-corrected chi connectivity index (χ4v) is 4.85. The minimum atomic E-state index is -3.35. The van der Waals surface area contributed by atoms with Crippen LogP contribution in [0.5, 0.6) is 0 Å². The maximum Gasteiger partial charge on any atom is 0.409 e. The molecule has 0 radical (unpaired) electrons. The second-order valence-electron chi connectivity index (χ2n) is 7.45. The number of amides is 1. The molecule has 1 aromatic rings. The number of nitrogens with one attached hydrogen (secondary N) is 1. The Labute approximate surface area is 156 Å². The van der Waals surface area contributed by atoms with Gasteiger partial charge in [0.05, 0.1) is 19.4 Å². The molecule has 1 saturated heterocycles. The Kier molecular flexibility index (Phi) is 5.87. The summed E-state index contributed by atoms with van der Waals surface area (Å²) >= 11 is 0. The first-order chi connectivity index (χ1) is 12.4. The van der Waals surface area contributed by atoms with Crippen LogP contribution in [0.15, 0.2) is 24.3 Å². The maximum absolute atomic E-state index is 12.2. The fourth-order valence-electron chi connectivity index (χ4n) is 4.02. The van der Waals surface area contributed by atoms with Gasteiger partial charge in [-0.1, -0.05) is 30.7 Å². The van der Waals surface area contributed by atoms with Crippen LogP contribution in [-0.2, 0) is 21.2 Å². The summed E-state index contributed by atoms with van der Waals surface area (Å²) in [7, 11) is -1.98. The highest BCUT2D eigenvalue weighted by Crippen LogP contribution is 2.36. The summed E-state index contributed by atoms with van der Waals surface area (Å²) in [6.07, 6.45) is 6.60. The zero-order valence-corrected chi connectivity index (χ0v) is 16.3. The van der Waals surface area contributed by atoms with Gasteiger partial charge in [-0.05, 0) is 49.1 Å². The van der Waals surface area contributed by atoms with Crippen LogP contribution in [0.3, 0.4) is 0 Å². The van der Waals surface area contributed by atoms with Gasteiger partial charge in [-0.2, -0.15) is 0 Å². The molecule has 144 valence electrons. The standard InChI is InChI=1S/C19H28N2O4S/c1-25-19(22)21-11-5-10-17(20-26(2,23)24)18(21)13-14-6-3-9-16(12-14)15-7-4-8-15/h3,6,9,12,15,17-18,20H,4-5,7-8,10-11,13H2,1-2H3/t17-,18-/m0/s1. The van der Waals surface area contributed by atoms with Crippen LogP contribution in [0.4, 0.5) is 4.79 Å². The number of nitrogens with zero attached hydrogens (tertiary/aromatic N) is 1. The second kappa shape index (κ2) is 7.96. The van der Waals surface area contributed by atoms with E-state index in [2.05, 4.69) is 29.0 Å². The highest BCUT2D eigenvalue weighted by Gasteiger charge is 2.36. The minimum absolute atomic E-state index is 0.248. The molecule has 1 amide bonds. The van der Waals surface area contributed by atoms with Gasteiger partial charge in [-0.15, -0.1) is 0 Å². The molecule has 2 fully saturated rings. The summed E-state index contributed by atoms with van der Waals surface area (Å²) < 4.78 is 31.2. The van der Waals surface area contributed by atoms with E-state index in [1.54, 1.807) is 4.90 Å². The molecular weight excluding hydrogens is 352 g/mol. The van der Waals surface area contributed by atoms with Gasteiger partial charge < -0.3 is 9.64 Å². The molecule has 1 aliphatic carbocycles. The van der Waals surface area contributed by atoms with Gasteiger partial charge in [0.25, 0.3) is 0 Å². The Morgan fingerprint density at radius 1 is 1.27 bits per heavy atom. The highest BCUT2D eigenvalue weighted by atomic mass is 32.2. The largest absolute Gasteiger partial charge is 0.453 e. The predicted molar refractivity (Wildman–Crippen MR) is 101 cm³/mol. The van der Waals surface area contributed by atoms with E-state index in [9.17, 15) is 13.2 Å². The Morgan fingerprint density at radius 3 is 2.65 bits per heavy atom. The van der Waals surface area contributed by atoms with E-state index in [-0.39, 0.29) is 12.1 Å². The predicted octanol–water partition coefficient (Wildman–Crippen LogP) is 2.65. The van der Waals surface area contributed by atoms with Crippen molar-refractivity contribution in [1.29, 1.82) is 0 Å². The molecule has 1 saturated carbocycles. The van der Waals surface area contributed by atoms with Crippen molar-refractivity contribution in [3.8, 4) is 0 Å². The van der Waals surface area contributed by atoms with Crippen LogP contribution in [0.25, 0.3) is 0 Å². The highest BCUT2D eigenvalue weighted by molar-refractivity contribution is 7.88. The smallest absolute Gasteiger partial charge is 0.409 e. The molecule has 1 heterocycles. The van der Waals surface area contributed by atoms with Crippen molar-refractivity contribution in [1.82, 2.24) is 9.62 Å². The lowest BCUT2D eigenvalue weighted by Crippen LogP contribution is -2.57. The van der Waals surface area contributed by atoms with Gasteiger partial charge in [-0.25, -0.2) is 17.9 Å². The SMILES string of the molecule is COC(=O)N1CCC[C@H](NS(C)(=O)=O)[C@@H]1Cc1cccc(C2CCC2)c1. The number of ether oxygens (including phenoxy) is 1. The lowest BCUT2D eigenvalue weighted by molar-refractivity contribution is 0.0792. The number of methoxy groups -OCH3 is 1. The Bertz CT molecular complexity index is 746. The van der Waals surface area contributed by atoms with Gasteiger partial charge in [-0.3, -0.25) is 0 Å². The molecule has 1 N–H and O–H groups in total. The van der Waals surface area contributed by atoms with Crippen LogP contribution in [0.1, 0.15) is 49.1 Å². The second-order valence-corrected chi connectivity index (χ2v) is 9.23. The number of carbonyl (C=O) groups excluding carboxylic acids is 1. The van der Waals surface area contributed by atoms with Crippen LogP contribution in [0.2, 0.25) is 0 Å². The van der Waals surface area contributed by atoms with Gasteiger partial charge >= 0.3 is 6.09 Å². The van der Waals surface area contributed by atoms with E-state index in [0.29, 0.717) is 25.3 Å². The Balaban J connectivity index is 1.83. The number of sulfonamides is 1. The minimum Gasteiger partial charge on any atom is -0.453 e. The third-order valence-electron chi connectivity index (χ3n) is 5.53. The molecule has 26 heavy (non-hydrogen) atoms. The van der Waals surface area contributed by atoms with E-state index in [1.165, 1.54) is 38.2 Å². The van der Waals surface area contributed by atoms with Gasteiger partial charge in [0.2, 0.25) is 10.0 Å². The molecule has 2 aliphatic rings.